The molecule has 3 rings (SSSR count). The van der Waals surface area contributed by atoms with Gasteiger partial charge in [-0.1, -0.05) is 0 Å². The van der Waals surface area contributed by atoms with Gasteiger partial charge in [0.05, 0.1) is 17.3 Å². The van der Waals surface area contributed by atoms with Gasteiger partial charge in [-0.3, -0.25) is 0 Å². The quantitative estimate of drug-likeness (QED) is 0.734. The van der Waals surface area contributed by atoms with Gasteiger partial charge in [-0.15, -0.1) is 10.2 Å². The second-order valence-electron chi connectivity index (χ2n) is 6.41. The molecular formula is C13H22N4O4S2. The van der Waals surface area contributed by atoms with E-state index in [2.05, 4.69) is 10.2 Å². The van der Waals surface area contributed by atoms with Gasteiger partial charge in [0.1, 0.15) is 12.7 Å². The number of aromatic nitrogens is 3. The monoisotopic (exact) mass is 362 g/mol. The van der Waals surface area contributed by atoms with Crippen LogP contribution in [-0.2, 0) is 19.9 Å². The number of nitrogens with zero attached hydrogens (tertiary/aromatic N) is 4. The average Bonchev–Trinajstić information content (AvgIpc) is 3.15. The minimum Gasteiger partial charge on any atom is -0.317 e. The van der Waals surface area contributed by atoms with Crippen LogP contribution in [0.5, 0.6) is 0 Å². The van der Waals surface area contributed by atoms with Crippen LogP contribution in [0.2, 0.25) is 0 Å². The standard InChI is InChI=1S/C13H22N4O4S2/c18-22(19)7-3-12(9-22)4-8-23(20,21)17-5-1-13(2-6-17)16-10-14-15-11-16/h10-13H,1-9H2. The van der Waals surface area contributed by atoms with Crippen molar-refractivity contribution in [2.24, 2.45) is 5.92 Å². The maximum Gasteiger partial charge on any atom is 0.214 e. The summed E-state index contributed by atoms with van der Waals surface area (Å²) in [7, 11) is -6.25. The van der Waals surface area contributed by atoms with Crippen LogP contribution < -0.4 is 0 Å². The lowest BCUT2D eigenvalue weighted by Gasteiger charge is -2.31. The molecule has 130 valence electrons. The molecule has 1 unspecified atom stereocenters. The summed E-state index contributed by atoms with van der Waals surface area (Å²) in [6.07, 6.45) is 5.84. The lowest BCUT2D eigenvalue weighted by molar-refractivity contribution is 0.273. The van der Waals surface area contributed by atoms with E-state index < -0.39 is 19.9 Å². The zero-order chi connectivity index (χ0) is 16.5. The first-order valence-corrected chi connectivity index (χ1v) is 11.3. The van der Waals surface area contributed by atoms with E-state index in [0.29, 0.717) is 25.9 Å². The number of sulfone groups is 1. The molecule has 0 bridgehead atoms. The molecule has 23 heavy (non-hydrogen) atoms. The summed E-state index contributed by atoms with van der Waals surface area (Å²) in [6, 6.07) is 0.247. The maximum atomic E-state index is 12.4. The molecule has 3 heterocycles. The first kappa shape index (κ1) is 16.8. The van der Waals surface area contributed by atoms with E-state index in [0.717, 1.165) is 12.8 Å². The molecule has 0 saturated carbocycles. The summed E-state index contributed by atoms with van der Waals surface area (Å²) in [5, 5.41) is 7.56. The molecule has 8 nitrogen and oxygen atoms in total. The highest BCUT2D eigenvalue weighted by Crippen LogP contribution is 2.26. The predicted octanol–water partition coefficient (Wildman–Crippen LogP) is 0.0696. The fraction of sp³-hybridized carbons (Fsp3) is 0.846. The van der Waals surface area contributed by atoms with Crippen molar-refractivity contribution in [1.29, 1.82) is 0 Å². The third kappa shape index (κ3) is 4.10. The van der Waals surface area contributed by atoms with E-state index in [1.54, 1.807) is 12.7 Å². The summed E-state index contributed by atoms with van der Waals surface area (Å²) >= 11 is 0. The molecule has 10 heteroatoms. The maximum absolute atomic E-state index is 12.4. The van der Waals surface area contributed by atoms with Gasteiger partial charge < -0.3 is 4.57 Å². The Hall–Kier alpha value is -1.00. The van der Waals surface area contributed by atoms with Crippen molar-refractivity contribution in [3.63, 3.8) is 0 Å². The topological polar surface area (TPSA) is 102 Å². The number of hydrogen-bond acceptors (Lipinski definition) is 6. The number of piperidine rings is 1. The van der Waals surface area contributed by atoms with Crippen LogP contribution in [0.4, 0.5) is 0 Å². The van der Waals surface area contributed by atoms with E-state index in [-0.39, 0.29) is 29.2 Å². The van der Waals surface area contributed by atoms with Crippen molar-refractivity contribution < 1.29 is 16.8 Å². The molecule has 1 aromatic heterocycles. The molecule has 1 atom stereocenters. The molecule has 0 aliphatic carbocycles. The summed E-state index contributed by atoms with van der Waals surface area (Å²) in [5.41, 5.74) is 0. The first-order valence-electron chi connectivity index (χ1n) is 7.88. The molecule has 2 saturated heterocycles. The Kier molecular flexibility index (Phi) is 4.75. The van der Waals surface area contributed by atoms with E-state index in [1.165, 1.54) is 4.31 Å². The van der Waals surface area contributed by atoms with E-state index >= 15 is 0 Å². The third-order valence-electron chi connectivity index (χ3n) is 4.79. The normalized spacial score (nSPS) is 26.5. The molecule has 2 fully saturated rings. The van der Waals surface area contributed by atoms with Gasteiger partial charge in [-0.25, -0.2) is 21.1 Å². The van der Waals surface area contributed by atoms with E-state index in [4.69, 9.17) is 0 Å². The van der Waals surface area contributed by atoms with Crippen LogP contribution in [0.15, 0.2) is 12.7 Å². The second-order valence-corrected chi connectivity index (χ2v) is 10.7. The lowest BCUT2D eigenvalue weighted by atomic mass is 10.1. The number of hydrogen-bond donors (Lipinski definition) is 0. The van der Waals surface area contributed by atoms with Gasteiger partial charge in [-0.05, 0) is 31.6 Å². The minimum absolute atomic E-state index is 0.00987. The van der Waals surface area contributed by atoms with Gasteiger partial charge in [-0.2, -0.15) is 0 Å². The molecule has 1 aromatic rings. The highest BCUT2D eigenvalue weighted by molar-refractivity contribution is 7.91. The van der Waals surface area contributed by atoms with E-state index in [1.807, 2.05) is 4.57 Å². The van der Waals surface area contributed by atoms with Gasteiger partial charge in [0.25, 0.3) is 0 Å². The molecule has 2 aliphatic rings. The summed E-state index contributed by atoms with van der Waals surface area (Å²) in [6.45, 7) is 0.988. The molecule has 0 aromatic carbocycles. The summed E-state index contributed by atoms with van der Waals surface area (Å²) in [4.78, 5) is 0. The average molecular weight is 362 g/mol. The van der Waals surface area contributed by atoms with Gasteiger partial charge in [0, 0.05) is 19.1 Å². The van der Waals surface area contributed by atoms with Crippen LogP contribution in [0.3, 0.4) is 0 Å². The van der Waals surface area contributed by atoms with Crippen LogP contribution in [0.25, 0.3) is 0 Å². The zero-order valence-electron chi connectivity index (χ0n) is 12.9. The largest absolute Gasteiger partial charge is 0.317 e. The van der Waals surface area contributed by atoms with Crippen molar-refractivity contribution >= 4 is 19.9 Å². The Morgan fingerprint density at radius 3 is 2.30 bits per heavy atom. The predicted molar refractivity (Wildman–Crippen MR) is 85.0 cm³/mol. The highest BCUT2D eigenvalue weighted by atomic mass is 32.2. The Labute approximate surface area is 136 Å². The molecule has 0 N–H and O–H groups in total. The van der Waals surface area contributed by atoms with Gasteiger partial charge >= 0.3 is 0 Å². The summed E-state index contributed by atoms with van der Waals surface area (Å²) in [5.74, 6) is 0.370. The second kappa shape index (κ2) is 6.48. The Bertz CT molecular complexity index is 722. The Balaban J connectivity index is 1.51. The van der Waals surface area contributed by atoms with Crippen molar-refractivity contribution in [2.45, 2.75) is 31.7 Å². The Morgan fingerprint density at radius 2 is 1.74 bits per heavy atom. The molecule has 0 spiro atoms. The van der Waals surface area contributed by atoms with Crippen LogP contribution in [0.1, 0.15) is 31.7 Å². The highest BCUT2D eigenvalue weighted by Gasteiger charge is 2.32. The SMILES string of the molecule is O=S1(=O)CCC(CCS(=O)(=O)N2CCC(n3cnnc3)CC2)C1. The fourth-order valence-electron chi connectivity index (χ4n) is 3.36. The van der Waals surface area contributed by atoms with Crippen molar-refractivity contribution in [1.82, 2.24) is 19.1 Å². The fourth-order valence-corrected chi connectivity index (χ4v) is 6.93. The van der Waals surface area contributed by atoms with Crippen molar-refractivity contribution in [3.8, 4) is 0 Å². The minimum atomic E-state index is -3.30. The molecule has 2 aliphatic heterocycles. The van der Waals surface area contributed by atoms with Crippen molar-refractivity contribution in [3.05, 3.63) is 12.7 Å². The van der Waals surface area contributed by atoms with Crippen molar-refractivity contribution in [2.75, 3.05) is 30.3 Å². The van der Waals surface area contributed by atoms with Crippen LogP contribution >= 0.6 is 0 Å². The summed E-state index contributed by atoms with van der Waals surface area (Å²) < 4.78 is 51.2. The molecule has 0 radical (unpaired) electrons. The Morgan fingerprint density at radius 1 is 1.09 bits per heavy atom. The third-order valence-corrected chi connectivity index (χ3v) is 8.53. The van der Waals surface area contributed by atoms with Crippen LogP contribution in [-0.4, -0.2) is 66.3 Å². The molecular weight excluding hydrogens is 340 g/mol. The van der Waals surface area contributed by atoms with Gasteiger partial charge in [0.2, 0.25) is 10.0 Å². The smallest absolute Gasteiger partial charge is 0.214 e. The number of sulfonamides is 1. The zero-order valence-corrected chi connectivity index (χ0v) is 14.5. The van der Waals surface area contributed by atoms with Gasteiger partial charge in [0.15, 0.2) is 9.84 Å². The van der Waals surface area contributed by atoms with Crippen LogP contribution in [0, 0.1) is 5.92 Å². The lowest BCUT2D eigenvalue weighted by Crippen LogP contribution is -2.40. The molecule has 0 amide bonds. The van der Waals surface area contributed by atoms with E-state index in [9.17, 15) is 16.8 Å². The first-order chi connectivity index (χ1) is 10.9. The number of rotatable bonds is 5.